The van der Waals surface area contributed by atoms with Gasteiger partial charge in [0.25, 0.3) is 0 Å². The average Bonchev–Trinajstić information content (AvgIpc) is 3.53. The van der Waals surface area contributed by atoms with Gasteiger partial charge >= 0.3 is 0 Å². The number of rotatable bonds is 7. The van der Waals surface area contributed by atoms with Crippen LogP contribution in [0.25, 0.3) is 44.4 Å². The summed E-state index contributed by atoms with van der Waals surface area (Å²) < 4.78 is 22.2. The van der Waals surface area contributed by atoms with Crippen LogP contribution < -0.4 is 14.2 Å². The Kier molecular flexibility index (Phi) is 7.01. The van der Waals surface area contributed by atoms with Gasteiger partial charge < -0.3 is 14.2 Å². The van der Waals surface area contributed by atoms with Crippen molar-refractivity contribution in [2.24, 2.45) is 0 Å². The molecule has 224 valence electrons. The minimum atomic E-state index is 0.711. The zero-order valence-electron chi connectivity index (χ0n) is 26.3. The Balaban J connectivity index is 1.29. The molecule has 7 aromatic rings. The van der Waals surface area contributed by atoms with Crippen LogP contribution in [0.2, 0.25) is 0 Å². The van der Waals surface area contributed by atoms with Crippen LogP contribution in [0.4, 0.5) is 0 Å². The maximum atomic E-state index is 6.49. The van der Waals surface area contributed by atoms with Gasteiger partial charge in [-0.3, -0.25) is 4.57 Å². The van der Waals surface area contributed by atoms with E-state index in [1.807, 2.05) is 73.3 Å². The highest BCUT2D eigenvalue weighted by molar-refractivity contribution is 6.09. The zero-order chi connectivity index (χ0) is 31.2. The number of ether oxygens (including phenoxy) is 3. The summed E-state index contributed by atoms with van der Waals surface area (Å²) in [6, 6.07) is 30.7. The molecule has 0 aliphatic heterocycles. The predicted octanol–water partition coefficient (Wildman–Crippen LogP) is 9.07. The van der Waals surface area contributed by atoms with E-state index in [2.05, 4.69) is 60.9 Å². The molecular formula is C38H34N4O3. The summed E-state index contributed by atoms with van der Waals surface area (Å²) >= 11 is 0. The molecule has 0 N–H and O–H groups in total. The minimum absolute atomic E-state index is 0.711. The third kappa shape index (κ3) is 4.77. The van der Waals surface area contributed by atoms with E-state index in [0.29, 0.717) is 5.75 Å². The zero-order valence-corrected chi connectivity index (χ0v) is 26.3. The van der Waals surface area contributed by atoms with Crippen molar-refractivity contribution in [3.8, 4) is 45.6 Å². The Morgan fingerprint density at radius 1 is 0.667 bits per heavy atom. The summed E-state index contributed by atoms with van der Waals surface area (Å²) in [5.41, 5.74) is 8.96. The Labute approximate surface area is 262 Å². The summed E-state index contributed by atoms with van der Waals surface area (Å²) in [4.78, 5) is 4.70. The molecule has 0 saturated heterocycles. The molecule has 4 aromatic carbocycles. The lowest BCUT2D eigenvalue weighted by molar-refractivity contribution is 0.395. The summed E-state index contributed by atoms with van der Waals surface area (Å²) in [6.45, 7) is 8.19. The molecule has 3 aromatic heterocycles. The first-order valence-corrected chi connectivity index (χ1v) is 14.9. The lowest BCUT2D eigenvalue weighted by Gasteiger charge is -2.16. The van der Waals surface area contributed by atoms with Crippen LogP contribution in [-0.2, 0) is 0 Å². The Hall–Kier alpha value is -5.56. The second-order valence-corrected chi connectivity index (χ2v) is 11.3. The number of hydrogen-bond acceptors (Lipinski definition) is 5. The van der Waals surface area contributed by atoms with Crippen molar-refractivity contribution in [1.29, 1.82) is 0 Å². The van der Waals surface area contributed by atoms with Crippen molar-refractivity contribution in [3.63, 3.8) is 0 Å². The molecule has 3 heterocycles. The fraction of sp³-hybridized carbons (Fsp3) is 0.158. The first-order valence-electron chi connectivity index (χ1n) is 14.9. The van der Waals surface area contributed by atoms with E-state index in [1.165, 1.54) is 5.39 Å². The number of aromatic nitrogens is 4. The van der Waals surface area contributed by atoms with Gasteiger partial charge in [-0.2, -0.15) is 5.10 Å². The summed E-state index contributed by atoms with van der Waals surface area (Å²) in [5, 5.41) is 7.26. The SMILES string of the molecule is COc1ccc(C)c(OC)c1-c1c(C)nn(-c2cccc(Oc3ccc4c5ccccc5n(-c5cc(C)ccn5)c4c3)c2)c1C. The molecule has 0 aliphatic rings. The van der Waals surface area contributed by atoms with E-state index in [4.69, 9.17) is 24.3 Å². The standard InChI is InChI=1S/C38H34N4O3/c1-23-18-19-39-35(20-23)41-32-13-8-7-12-30(32)31-16-15-29(22-33(31)41)45-28-11-9-10-27(21-28)42-26(4)36(25(3)40-42)37-34(43-5)17-14-24(2)38(37)44-6/h7-22H,1-6H3. The van der Waals surface area contributed by atoms with E-state index in [1.54, 1.807) is 14.2 Å². The van der Waals surface area contributed by atoms with Gasteiger partial charge in [0.15, 0.2) is 0 Å². The van der Waals surface area contributed by atoms with Gasteiger partial charge in [-0.15, -0.1) is 0 Å². The summed E-state index contributed by atoms with van der Waals surface area (Å²) in [7, 11) is 3.37. The van der Waals surface area contributed by atoms with Crippen LogP contribution >= 0.6 is 0 Å². The van der Waals surface area contributed by atoms with Crippen LogP contribution in [0.3, 0.4) is 0 Å². The molecule has 0 amide bonds. The third-order valence-corrected chi connectivity index (χ3v) is 8.35. The largest absolute Gasteiger partial charge is 0.496 e. The molecule has 0 aliphatic carbocycles. The number of pyridine rings is 1. The number of para-hydroxylation sites is 1. The van der Waals surface area contributed by atoms with E-state index in [9.17, 15) is 0 Å². The molecule has 0 spiro atoms. The number of fused-ring (bicyclic) bond motifs is 3. The maximum Gasteiger partial charge on any atom is 0.137 e. The van der Waals surface area contributed by atoms with Crippen molar-refractivity contribution in [2.45, 2.75) is 27.7 Å². The van der Waals surface area contributed by atoms with Crippen molar-refractivity contribution >= 4 is 21.8 Å². The molecule has 0 bridgehead atoms. The van der Waals surface area contributed by atoms with Crippen molar-refractivity contribution < 1.29 is 14.2 Å². The summed E-state index contributed by atoms with van der Waals surface area (Å²) in [6.07, 6.45) is 1.85. The first kappa shape index (κ1) is 28.2. The number of benzene rings is 4. The minimum Gasteiger partial charge on any atom is -0.496 e. The fourth-order valence-corrected chi connectivity index (χ4v) is 6.31. The first-order chi connectivity index (χ1) is 21.9. The average molecular weight is 595 g/mol. The van der Waals surface area contributed by atoms with Crippen LogP contribution in [0.1, 0.15) is 22.5 Å². The van der Waals surface area contributed by atoms with E-state index >= 15 is 0 Å². The third-order valence-electron chi connectivity index (χ3n) is 8.35. The highest BCUT2D eigenvalue weighted by Crippen LogP contribution is 2.44. The van der Waals surface area contributed by atoms with E-state index in [-0.39, 0.29) is 0 Å². The lowest BCUT2D eigenvalue weighted by atomic mass is 9.99. The molecule has 7 rings (SSSR count). The topological polar surface area (TPSA) is 63.3 Å². The Morgan fingerprint density at radius 3 is 2.27 bits per heavy atom. The second kappa shape index (κ2) is 11.2. The normalized spacial score (nSPS) is 11.3. The molecule has 0 unspecified atom stereocenters. The van der Waals surface area contributed by atoms with Crippen LogP contribution in [0.5, 0.6) is 23.0 Å². The Bertz CT molecular complexity index is 2230. The fourth-order valence-electron chi connectivity index (χ4n) is 6.31. The highest BCUT2D eigenvalue weighted by atomic mass is 16.5. The van der Waals surface area contributed by atoms with Crippen LogP contribution in [0.15, 0.2) is 97.2 Å². The monoisotopic (exact) mass is 594 g/mol. The van der Waals surface area contributed by atoms with Crippen molar-refractivity contribution in [2.75, 3.05) is 14.2 Å². The second-order valence-electron chi connectivity index (χ2n) is 11.3. The molecule has 0 fully saturated rings. The summed E-state index contributed by atoms with van der Waals surface area (Å²) in [5.74, 6) is 3.85. The highest BCUT2D eigenvalue weighted by Gasteiger charge is 2.23. The van der Waals surface area contributed by atoms with E-state index in [0.717, 1.165) is 78.8 Å². The molecule has 7 heteroatoms. The van der Waals surface area contributed by atoms with Crippen molar-refractivity contribution in [3.05, 3.63) is 120 Å². The molecule has 0 atom stereocenters. The lowest BCUT2D eigenvalue weighted by Crippen LogP contribution is -2.00. The van der Waals surface area contributed by atoms with Gasteiger partial charge in [0.05, 0.1) is 42.2 Å². The molecule has 0 radical (unpaired) electrons. The smallest absolute Gasteiger partial charge is 0.137 e. The number of methoxy groups -OCH3 is 2. The number of aryl methyl sites for hydroxylation is 3. The van der Waals surface area contributed by atoms with Crippen LogP contribution in [-0.4, -0.2) is 33.6 Å². The molecule has 7 nitrogen and oxygen atoms in total. The van der Waals surface area contributed by atoms with Gasteiger partial charge in [0, 0.05) is 40.4 Å². The quantitative estimate of drug-likeness (QED) is 0.184. The molecule has 45 heavy (non-hydrogen) atoms. The van der Waals surface area contributed by atoms with Gasteiger partial charge in [-0.05, 0) is 87.4 Å². The van der Waals surface area contributed by atoms with E-state index < -0.39 is 0 Å². The maximum absolute atomic E-state index is 6.49. The number of hydrogen-bond donors (Lipinski definition) is 0. The van der Waals surface area contributed by atoms with Crippen molar-refractivity contribution in [1.82, 2.24) is 19.3 Å². The molecule has 0 saturated carbocycles. The predicted molar refractivity (Wildman–Crippen MR) is 180 cm³/mol. The molecular weight excluding hydrogens is 560 g/mol. The van der Waals surface area contributed by atoms with Gasteiger partial charge in [0.1, 0.15) is 28.8 Å². The van der Waals surface area contributed by atoms with Gasteiger partial charge in [0.2, 0.25) is 0 Å². The van der Waals surface area contributed by atoms with Crippen LogP contribution in [0, 0.1) is 27.7 Å². The number of nitrogens with zero attached hydrogens (tertiary/aromatic N) is 4. The van der Waals surface area contributed by atoms with Gasteiger partial charge in [-0.1, -0.05) is 30.3 Å². The Morgan fingerprint density at radius 2 is 1.47 bits per heavy atom. The van der Waals surface area contributed by atoms with Gasteiger partial charge in [-0.25, -0.2) is 9.67 Å².